The third kappa shape index (κ3) is 2.78. The van der Waals surface area contributed by atoms with Crippen LogP contribution in [0, 0.1) is 11.6 Å². The Kier molecular flexibility index (Phi) is 3.77. The normalized spacial score (nSPS) is 13.5. The largest absolute Gasteiger partial charge is 0.340 e. The van der Waals surface area contributed by atoms with Crippen molar-refractivity contribution >= 4 is 11.6 Å². The predicted molar refractivity (Wildman–Crippen MR) is 85.9 cm³/mol. The molecular weight excluding hydrogens is 330 g/mol. The lowest BCUT2D eigenvalue weighted by Crippen LogP contribution is -2.23. The summed E-state index contributed by atoms with van der Waals surface area (Å²) in [6.07, 6.45) is 2.25. The second-order valence-corrected chi connectivity index (χ2v) is 5.64. The number of fused-ring (bicyclic) bond motifs is 1. The Morgan fingerprint density at radius 1 is 1.24 bits per heavy atom. The molecule has 4 rings (SSSR count). The first-order valence-corrected chi connectivity index (χ1v) is 7.71. The number of amides is 1. The summed E-state index contributed by atoms with van der Waals surface area (Å²) in [5.41, 5.74) is 1.92. The van der Waals surface area contributed by atoms with E-state index in [1.165, 1.54) is 12.3 Å². The van der Waals surface area contributed by atoms with Crippen LogP contribution in [0.15, 0.2) is 24.4 Å². The molecule has 25 heavy (non-hydrogen) atoms. The lowest BCUT2D eigenvalue weighted by molar-refractivity contribution is 0.101. The smallest absolute Gasteiger partial charge is 0.261 e. The van der Waals surface area contributed by atoms with Crippen molar-refractivity contribution in [1.29, 1.82) is 0 Å². The minimum absolute atomic E-state index is 0.284. The molecule has 0 saturated heterocycles. The highest BCUT2D eigenvalue weighted by Gasteiger charge is 2.22. The third-order valence-electron chi connectivity index (χ3n) is 4.01. The highest BCUT2D eigenvalue weighted by Crippen LogP contribution is 2.26. The summed E-state index contributed by atoms with van der Waals surface area (Å²) in [6, 6.07) is 3.26. The van der Waals surface area contributed by atoms with Crippen molar-refractivity contribution in [1.82, 2.24) is 25.5 Å². The number of hydrogen-bond donors (Lipinski definition) is 4. The minimum atomic E-state index is -0.929. The number of halogens is 2. The average molecular weight is 344 g/mol. The molecule has 2 aromatic heterocycles. The number of benzene rings is 1. The molecule has 0 saturated carbocycles. The molecule has 128 valence electrons. The highest BCUT2D eigenvalue weighted by molar-refractivity contribution is 6.06. The number of nitrogens with one attached hydrogen (secondary N) is 4. The molecule has 0 radical (unpaired) electrons. The number of aromatic nitrogens is 4. The van der Waals surface area contributed by atoms with Crippen molar-refractivity contribution in [2.75, 3.05) is 11.9 Å². The van der Waals surface area contributed by atoms with Crippen LogP contribution in [0.2, 0.25) is 0 Å². The van der Waals surface area contributed by atoms with Gasteiger partial charge in [0.25, 0.3) is 5.91 Å². The van der Waals surface area contributed by atoms with Gasteiger partial charge >= 0.3 is 0 Å². The first kappa shape index (κ1) is 15.5. The second kappa shape index (κ2) is 6.10. The number of H-pyrrole nitrogens is 2. The molecule has 9 heteroatoms. The molecule has 1 aromatic carbocycles. The van der Waals surface area contributed by atoms with Crippen LogP contribution in [0.4, 0.5) is 14.5 Å². The van der Waals surface area contributed by atoms with Crippen molar-refractivity contribution in [3.8, 4) is 11.5 Å². The standard InChI is InChI=1S/C16H14F2N6O/c17-8-2-1-3-9(18)13(8)16(25)23-12-7-20-24-14(12)15-21-10-4-5-19-6-11(10)22-15/h1-3,7,19H,4-6H2,(H,20,24)(H,21,22)(H,23,25). The summed E-state index contributed by atoms with van der Waals surface area (Å²) in [5, 5.41) is 12.4. The van der Waals surface area contributed by atoms with Gasteiger partial charge in [-0.05, 0) is 12.1 Å². The molecule has 0 bridgehead atoms. The average Bonchev–Trinajstić information content (AvgIpc) is 3.20. The van der Waals surface area contributed by atoms with E-state index in [2.05, 4.69) is 30.8 Å². The summed E-state index contributed by atoms with van der Waals surface area (Å²) >= 11 is 0. The van der Waals surface area contributed by atoms with Gasteiger partial charge < -0.3 is 15.6 Å². The van der Waals surface area contributed by atoms with Crippen molar-refractivity contribution in [3.63, 3.8) is 0 Å². The van der Waals surface area contributed by atoms with Gasteiger partial charge in [-0.1, -0.05) is 6.07 Å². The number of nitrogens with zero attached hydrogens (tertiary/aromatic N) is 2. The van der Waals surface area contributed by atoms with Crippen LogP contribution >= 0.6 is 0 Å². The molecule has 1 aliphatic rings. The van der Waals surface area contributed by atoms with E-state index in [0.717, 1.165) is 36.5 Å². The van der Waals surface area contributed by atoms with Gasteiger partial charge in [0.05, 0.1) is 11.4 Å². The number of hydrogen-bond acceptors (Lipinski definition) is 4. The number of carbonyl (C=O) groups excluding carboxylic acids is 1. The van der Waals surface area contributed by atoms with E-state index in [-0.39, 0.29) is 5.69 Å². The lowest BCUT2D eigenvalue weighted by Gasteiger charge is -2.09. The number of aromatic amines is 2. The Bertz CT molecular complexity index is 904. The lowest BCUT2D eigenvalue weighted by atomic mass is 10.2. The van der Waals surface area contributed by atoms with Crippen LogP contribution in [0.25, 0.3) is 11.5 Å². The zero-order chi connectivity index (χ0) is 17.4. The summed E-state index contributed by atoms with van der Waals surface area (Å²) in [6.45, 7) is 1.50. The van der Waals surface area contributed by atoms with Gasteiger partial charge in [-0.15, -0.1) is 0 Å². The fourth-order valence-corrected chi connectivity index (χ4v) is 2.80. The Balaban J connectivity index is 1.64. The van der Waals surface area contributed by atoms with Gasteiger partial charge in [-0.2, -0.15) is 5.10 Å². The maximum Gasteiger partial charge on any atom is 0.261 e. The van der Waals surface area contributed by atoms with Crippen molar-refractivity contribution in [3.05, 3.63) is 53.0 Å². The molecule has 0 fully saturated rings. The maximum absolute atomic E-state index is 13.8. The van der Waals surface area contributed by atoms with Crippen LogP contribution in [-0.4, -0.2) is 32.6 Å². The summed E-state index contributed by atoms with van der Waals surface area (Å²) in [7, 11) is 0. The molecule has 0 aliphatic carbocycles. The number of imidazole rings is 1. The zero-order valence-corrected chi connectivity index (χ0v) is 13.0. The zero-order valence-electron chi connectivity index (χ0n) is 13.0. The number of rotatable bonds is 3. The predicted octanol–water partition coefficient (Wildman–Crippen LogP) is 1.98. The Labute approximate surface area is 140 Å². The molecule has 0 spiro atoms. The molecule has 7 nitrogen and oxygen atoms in total. The quantitative estimate of drug-likeness (QED) is 0.584. The molecule has 1 aliphatic heterocycles. The number of carbonyl (C=O) groups is 1. The van der Waals surface area contributed by atoms with Crippen molar-refractivity contribution in [2.45, 2.75) is 13.0 Å². The Morgan fingerprint density at radius 2 is 2.04 bits per heavy atom. The fraction of sp³-hybridized carbons (Fsp3) is 0.188. The van der Waals surface area contributed by atoms with E-state index in [1.807, 2.05) is 0 Å². The highest BCUT2D eigenvalue weighted by atomic mass is 19.1. The SMILES string of the molecule is O=C(Nc1c[nH]nc1-c1nc2c([nH]1)CCNC2)c1c(F)cccc1F. The molecule has 0 atom stereocenters. The minimum Gasteiger partial charge on any atom is -0.340 e. The van der Waals surface area contributed by atoms with Gasteiger partial charge in [0.1, 0.15) is 17.2 Å². The van der Waals surface area contributed by atoms with Gasteiger partial charge in [-0.25, -0.2) is 13.8 Å². The molecule has 0 unspecified atom stereocenters. The molecular formula is C16H14F2N6O. The van der Waals surface area contributed by atoms with E-state index < -0.39 is 23.1 Å². The molecule has 3 aromatic rings. The van der Waals surface area contributed by atoms with E-state index in [9.17, 15) is 13.6 Å². The Hall–Kier alpha value is -3.07. The van der Waals surface area contributed by atoms with E-state index in [1.54, 1.807) is 0 Å². The topological polar surface area (TPSA) is 98.5 Å². The van der Waals surface area contributed by atoms with Gasteiger partial charge in [-0.3, -0.25) is 9.89 Å². The second-order valence-electron chi connectivity index (χ2n) is 5.64. The van der Waals surface area contributed by atoms with E-state index >= 15 is 0 Å². The van der Waals surface area contributed by atoms with Crippen molar-refractivity contribution in [2.24, 2.45) is 0 Å². The third-order valence-corrected chi connectivity index (χ3v) is 4.01. The van der Waals surface area contributed by atoms with Crippen LogP contribution in [-0.2, 0) is 13.0 Å². The monoisotopic (exact) mass is 344 g/mol. The molecule has 3 heterocycles. The van der Waals surface area contributed by atoms with Crippen LogP contribution < -0.4 is 10.6 Å². The fourth-order valence-electron chi connectivity index (χ4n) is 2.80. The van der Waals surface area contributed by atoms with Crippen LogP contribution in [0.5, 0.6) is 0 Å². The summed E-state index contributed by atoms with van der Waals surface area (Å²) in [5.74, 6) is -2.26. The molecule has 4 N–H and O–H groups in total. The summed E-state index contributed by atoms with van der Waals surface area (Å²) < 4.78 is 27.5. The van der Waals surface area contributed by atoms with Gasteiger partial charge in [0, 0.05) is 31.4 Å². The van der Waals surface area contributed by atoms with Crippen LogP contribution in [0.1, 0.15) is 21.7 Å². The number of anilines is 1. The first-order chi connectivity index (χ1) is 12.1. The van der Waals surface area contributed by atoms with Crippen LogP contribution in [0.3, 0.4) is 0 Å². The van der Waals surface area contributed by atoms with Gasteiger partial charge in [0.2, 0.25) is 0 Å². The molecule has 1 amide bonds. The van der Waals surface area contributed by atoms with Gasteiger partial charge in [0.15, 0.2) is 11.5 Å². The van der Waals surface area contributed by atoms with E-state index in [0.29, 0.717) is 18.1 Å². The van der Waals surface area contributed by atoms with Crippen molar-refractivity contribution < 1.29 is 13.6 Å². The first-order valence-electron chi connectivity index (χ1n) is 7.71. The Morgan fingerprint density at radius 3 is 2.80 bits per heavy atom. The van der Waals surface area contributed by atoms with E-state index in [4.69, 9.17) is 0 Å². The summed E-state index contributed by atoms with van der Waals surface area (Å²) in [4.78, 5) is 19.9. The maximum atomic E-state index is 13.8.